The van der Waals surface area contributed by atoms with Gasteiger partial charge in [-0.05, 0) is 31.4 Å². The molecule has 2 unspecified atom stereocenters. The number of nitrogens with one attached hydrogen (secondary N) is 2. The van der Waals surface area contributed by atoms with Gasteiger partial charge in [-0.25, -0.2) is 19.3 Å². The number of rotatable bonds is 5. The van der Waals surface area contributed by atoms with Crippen LogP contribution in [0.1, 0.15) is 42.4 Å². The van der Waals surface area contributed by atoms with E-state index in [1.165, 1.54) is 12.4 Å². The highest BCUT2D eigenvalue weighted by Gasteiger charge is 2.33. The zero-order valence-electron chi connectivity index (χ0n) is 16.7. The van der Waals surface area contributed by atoms with E-state index in [2.05, 4.69) is 20.6 Å². The number of hydrogen-bond acceptors (Lipinski definition) is 6. The van der Waals surface area contributed by atoms with Crippen LogP contribution in [0.25, 0.3) is 10.4 Å². The summed E-state index contributed by atoms with van der Waals surface area (Å²) in [5, 5.41) is 15.5. The van der Waals surface area contributed by atoms with E-state index in [0.29, 0.717) is 18.8 Å². The van der Waals surface area contributed by atoms with E-state index in [9.17, 15) is 14.7 Å². The molecule has 1 aliphatic rings. The van der Waals surface area contributed by atoms with Crippen LogP contribution in [0.3, 0.4) is 0 Å². The summed E-state index contributed by atoms with van der Waals surface area (Å²) in [5.74, 6) is 0.247. The number of thiazole rings is 1. The quantitative estimate of drug-likeness (QED) is 0.579. The van der Waals surface area contributed by atoms with E-state index in [0.717, 1.165) is 26.3 Å². The van der Waals surface area contributed by atoms with Crippen LogP contribution in [0.4, 0.5) is 4.79 Å². The van der Waals surface area contributed by atoms with Gasteiger partial charge >= 0.3 is 6.09 Å². The van der Waals surface area contributed by atoms with Crippen molar-refractivity contribution in [3.8, 4) is 10.4 Å². The Bertz CT molecular complexity index is 1060. The molecule has 0 radical (unpaired) electrons. The fraction of sp³-hybridized carbons (Fsp3) is 0.333. The van der Waals surface area contributed by atoms with Crippen LogP contribution in [0.5, 0.6) is 0 Å². The van der Waals surface area contributed by atoms with Crippen molar-refractivity contribution >= 4 is 23.3 Å². The molecular weight excluding hydrogens is 402 g/mol. The third kappa shape index (κ3) is 3.99. The minimum atomic E-state index is -1.07. The van der Waals surface area contributed by atoms with Gasteiger partial charge in [0.25, 0.3) is 0 Å². The first kappa shape index (κ1) is 20.2. The average Bonchev–Trinajstić information content (AvgIpc) is 3.47. The molecule has 3 N–H and O–H groups in total. The summed E-state index contributed by atoms with van der Waals surface area (Å²) in [7, 11) is 0. The van der Waals surface area contributed by atoms with E-state index in [1.54, 1.807) is 11.3 Å². The van der Waals surface area contributed by atoms with Gasteiger partial charge in [0.2, 0.25) is 5.91 Å². The van der Waals surface area contributed by atoms with Crippen LogP contribution in [-0.2, 0) is 4.79 Å². The predicted octanol–water partition coefficient (Wildman–Crippen LogP) is 3.16. The first-order valence-corrected chi connectivity index (χ1v) is 10.6. The Morgan fingerprint density at radius 2 is 2.07 bits per heavy atom. The lowest BCUT2D eigenvalue weighted by Gasteiger charge is -2.18. The summed E-state index contributed by atoms with van der Waals surface area (Å²) in [6, 6.07) is 7.62. The second-order valence-electron chi connectivity index (χ2n) is 7.45. The van der Waals surface area contributed by atoms with Gasteiger partial charge in [-0.2, -0.15) is 0 Å². The van der Waals surface area contributed by atoms with Crippen molar-refractivity contribution in [2.75, 3.05) is 6.54 Å². The number of amides is 1. The molecular formula is C21H23N5O3S. The summed E-state index contributed by atoms with van der Waals surface area (Å²) in [4.78, 5) is 33.6. The molecule has 9 heteroatoms. The number of carboxylic acid groups (broad SMARTS) is 1. The largest absolute Gasteiger partial charge is 0.464 e. The van der Waals surface area contributed by atoms with Gasteiger partial charge in [0.15, 0.2) is 0 Å². The summed E-state index contributed by atoms with van der Waals surface area (Å²) in [6.07, 6.45) is 2.33. The third-order valence-electron chi connectivity index (χ3n) is 5.47. The van der Waals surface area contributed by atoms with Gasteiger partial charge in [0, 0.05) is 24.9 Å². The van der Waals surface area contributed by atoms with Crippen molar-refractivity contribution in [2.24, 2.45) is 0 Å². The minimum Gasteiger partial charge on any atom is -0.464 e. The first-order valence-electron chi connectivity index (χ1n) is 9.74. The van der Waals surface area contributed by atoms with Crippen molar-refractivity contribution in [3.05, 3.63) is 59.3 Å². The third-order valence-corrected chi connectivity index (χ3v) is 6.44. The molecule has 1 amide bonds. The maximum Gasteiger partial charge on any atom is 0.417 e. The van der Waals surface area contributed by atoms with E-state index in [4.69, 9.17) is 0 Å². The summed E-state index contributed by atoms with van der Waals surface area (Å²) < 4.78 is 1.11. The van der Waals surface area contributed by atoms with E-state index >= 15 is 0 Å². The fourth-order valence-corrected chi connectivity index (χ4v) is 4.62. The second kappa shape index (κ2) is 8.37. The molecule has 0 spiro atoms. The molecule has 0 bridgehead atoms. The van der Waals surface area contributed by atoms with Crippen LogP contribution in [-0.4, -0.2) is 44.2 Å². The molecule has 3 heterocycles. The standard InChI is InChI=1S/C21H23N5O3S/c1-12(14-3-5-15(6-4-14)18-13(2)24-11-30-18)25-20(27)17-9-16(10-23-17)19-22-7-8-26(19)21(28)29/h3-8,11-12,16-17,23H,9-10H2,1-2H3,(H,25,27)(H,28,29)/t12-,16?,17?/m0/s1. The van der Waals surface area contributed by atoms with Crippen molar-refractivity contribution in [2.45, 2.75) is 38.3 Å². The molecule has 30 heavy (non-hydrogen) atoms. The number of carbonyl (C=O) groups excluding carboxylic acids is 1. The molecule has 2 aromatic heterocycles. The van der Waals surface area contributed by atoms with Gasteiger partial charge in [-0.15, -0.1) is 11.3 Å². The summed E-state index contributed by atoms with van der Waals surface area (Å²) >= 11 is 1.61. The zero-order valence-corrected chi connectivity index (χ0v) is 17.5. The Morgan fingerprint density at radius 3 is 2.73 bits per heavy atom. The molecule has 3 atom stereocenters. The monoisotopic (exact) mass is 425 g/mol. The lowest BCUT2D eigenvalue weighted by atomic mass is 10.0. The number of nitrogens with zero attached hydrogens (tertiary/aromatic N) is 3. The Balaban J connectivity index is 1.37. The van der Waals surface area contributed by atoms with Gasteiger partial charge < -0.3 is 15.7 Å². The lowest BCUT2D eigenvalue weighted by Crippen LogP contribution is -2.41. The lowest BCUT2D eigenvalue weighted by molar-refractivity contribution is -0.123. The second-order valence-corrected chi connectivity index (χ2v) is 8.31. The van der Waals surface area contributed by atoms with Gasteiger partial charge in [-0.3, -0.25) is 4.79 Å². The van der Waals surface area contributed by atoms with Gasteiger partial charge in [-0.1, -0.05) is 24.3 Å². The highest BCUT2D eigenvalue weighted by atomic mass is 32.1. The molecule has 0 aliphatic carbocycles. The summed E-state index contributed by atoms with van der Waals surface area (Å²) in [5.41, 5.74) is 4.99. The molecule has 0 saturated carbocycles. The molecule has 1 fully saturated rings. The van der Waals surface area contributed by atoms with E-state index in [1.807, 2.05) is 43.6 Å². The van der Waals surface area contributed by atoms with Crippen LogP contribution in [0.2, 0.25) is 0 Å². The van der Waals surface area contributed by atoms with Crippen LogP contribution < -0.4 is 10.6 Å². The number of hydrogen-bond donors (Lipinski definition) is 3. The summed E-state index contributed by atoms with van der Waals surface area (Å²) in [6.45, 7) is 4.46. The number of imidazole rings is 1. The van der Waals surface area contributed by atoms with Crippen LogP contribution >= 0.6 is 11.3 Å². The molecule has 1 aromatic carbocycles. The highest BCUT2D eigenvalue weighted by Crippen LogP contribution is 2.29. The predicted molar refractivity (Wildman–Crippen MR) is 114 cm³/mol. The van der Waals surface area contributed by atoms with Crippen molar-refractivity contribution in [1.82, 2.24) is 25.2 Å². The van der Waals surface area contributed by atoms with Crippen molar-refractivity contribution < 1.29 is 14.7 Å². The van der Waals surface area contributed by atoms with Gasteiger partial charge in [0.05, 0.1) is 28.2 Å². The smallest absolute Gasteiger partial charge is 0.417 e. The molecule has 156 valence electrons. The highest BCUT2D eigenvalue weighted by molar-refractivity contribution is 7.13. The minimum absolute atomic E-state index is 0.0965. The molecule has 4 rings (SSSR count). The number of aryl methyl sites for hydroxylation is 1. The molecule has 1 saturated heterocycles. The fourth-order valence-electron chi connectivity index (χ4n) is 3.81. The van der Waals surface area contributed by atoms with Crippen LogP contribution in [0.15, 0.2) is 42.2 Å². The molecule has 8 nitrogen and oxygen atoms in total. The van der Waals surface area contributed by atoms with E-state index in [-0.39, 0.29) is 23.9 Å². The maximum atomic E-state index is 12.7. The van der Waals surface area contributed by atoms with Crippen molar-refractivity contribution in [1.29, 1.82) is 0 Å². The zero-order chi connectivity index (χ0) is 21.3. The number of aromatic nitrogens is 3. The topological polar surface area (TPSA) is 109 Å². The number of carbonyl (C=O) groups is 2. The average molecular weight is 426 g/mol. The van der Waals surface area contributed by atoms with Crippen molar-refractivity contribution in [3.63, 3.8) is 0 Å². The molecule has 1 aliphatic heterocycles. The van der Waals surface area contributed by atoms with Gasteiger partial charge in [0.1, 0.15) is 5.82 Å². The van der Waals surface area contributed by atoms with E-state index < -0.39 is 6.09 Å². The Hall–Kier alpha value is -3.04. The Kier molecular flexibility index (Phi) is 5.65. The maximum absolute atomic E-state index is 12.7. The Labute approximate surface area is 178 Å². The first-order chi connectivity index (χ1) is 14.4. The Morgan fingerprint density at radius 1 is 1.30 bits per heavy atom. The normalized spacial score (nSPS) is 19.5. The molecule has 3 aromatic rings. The van der Waals surface area contributed by atoms with Crippen LogP contribution in [0, 0.1) is 6.92 Å². The SMILES string of the molecule is Cc1ncsc1-c1ccc([C@H](C)NC(=O)C2CC(c3nccn3C(=O)O)CN2)cc1. The number of benzene rings is 1.